The summed E-state index contributed by atoms with van der Waals surface area (Å²) >= 11 is 5.99. The summed E-state index contributed by atoms with van der Waals surface area (Å²) in [6.07, 6.45) is 1.40. The summed E-state index contributed by atoms with van der Waals surface area (Å²) in [5.74, 6) is -2.12. The van der Waals surface area contributed by atoms with Crippen LogP contribution in [0.3, 0.4) is 0 Å². The van der Waals surface area contributed by atoms with Gasteiger partial charge >= 0.3 is 5.97 Å². The molecule has 0 saturated carbocycles. The van der Waals surface area contributed by atoms with E-state index in [1.165, 1.54) is 49.4 Å². The summed E-state index contributed by atoms with van der Waals surface area (Å²) in [7, 11) is 1.50. The molecule has 1 atom stereocenters. The van der Waals surface area contributed by atoms with Gasteiger partial charge in [0, 0.05) is 18.6 Å². The van der Waals surface area contributed by atoms with Crippen molar-refractivity contribution in [3.63, 3.8) is 0 Å². The molecule has 0 aliphatic carbocycles. The van der Waals surface area contributed by atoms with Gasteiger partial charge in [0.1, 0.15) is 5.76 Å². The summed E-state index contributed by atoms with van der Waals surface area (Å²) < 4.78 is 5.11. The summed E-state index contributed by atoms with van der Waals surface area (Å²) in [4.78, 5) is 37.4. The fourth-order valence-corrected chi connectivity index (χ4v) is 2.57. The van der Waals surface area contributed by atoms with E-state index in [9.17, 15) is 14.4 Å². The van der Waals surface area contributed by atoms with Gasteiger partial charge < -0.3 is 19.7 Å². The van der Waals surface area contributed by atoms with E-state index in [1.807, 2.05) is 0 Å². The molecule has 2 amide bonds. The van der Waals surface area contributed by atoms with Gasteiger partial charge in [-0.2, -0.15) is 0 Å². The Bertz CT molecular complexity index is 846. The lowest BCUT2D eigenvalue weighted by Crippen LogP contribution is -2.34. The van der Waals surface area contributed by atoms with E-state index >= 15 is 0 Å². The van der Waals surface area contributed by atoms with Crippen LogP contribution in [0.2, 0.25) is 5.02 Å². The molecule has 26 heavy (non-hydrogen) atoms. The molecule has 0 aliphatic rings. The lowest BCUT2D eigenvalue weighted by Gasteiger charge is -2.21. The van der Waals surface area contributed by atoms with E-state index in [1.54, 1.807) is 6.92 Å². The van der Waals surface area contributed by atoms with Gasteiger partial charge in [-0.25, -0.2) is 0 Å². The van der Waals surface area contributed by atoms with Gasteiger partial charge in [-0.1, -0.05) is 18.5 Å². The first-order chi connectivity index (χ1) is 12.2. The van der Waals surface area contributed by atoms with Gasteiger partial charge in [-0.05, 0) is 31.2 Å². The number of nitrogens with zero attached hydrogens (tertiary/aromatic N) is 1. The van der Waals surface area contributed by atoms with Crippen LogP contribution in [0.15, 0.2) is 34.9 Å². The number of aliphatic carboxylic acids is 1. The van der Waals surface area contributed by atoms with Crippen molar-refractivity contribution in [3.05, 3.63) is 52.4 Å². The molecule has 1 heterocycles. The average molecular weight is 379 g/mol. The molecular weight excluding hydrogens is 360 g/mol. The lowest BCUT2D eigenvalue weighted by atomic mass is 10.1. The zero-order chi connectivity index (χ0) is 19.4. The Morgan fingerprint density at radius 1 is 1.27 bits per heavy atom. The lowest BCUT2D eigenvalue weighted by molar-refractivity contribution is -0.141. The Morgan fingerprint density at radius 2 is 1.96 bits per heavy atom. The number of carbonyl (C=O) groups is 3. The van der Waals surface area contributed by atoms with Crippen LogP contribution in [0.25, 0.3) is 0 Å². The Kier molecular flexibility index (Phi) is 6.05. The minimum absolute atomic E-state index is 0.0328. The van der Waals surface area contributed by atoms with Crippen LogP contribution in [-0.2, 0) is 4.79 Å². The first-order valence-corrected chi connectivity index (χ1v) is 8.21. The Morgan fingerprint density at radius 3 is 2.54 bits per heavy atom. The molecule has 1 unspecified atom stereocenters. The van der Waals surface area contributed by atoms with Crippen LogP contribution in [0.5, 0.6) is 0 Å². The highest BCUT2D eigenvalue weighted by Gasteiger charge is 2.22. The topological polar surface area (TPSA) is 99.9 Å². The molecule has 8 heteroatoms. The third kappa shape index (κ3) is 4.43. The first-order valence-electron chi connectivity index (χ1n) is 7.84. The van der Waals surface area contributed by atoms with Crippen molar-refractivity contribution in [2.24, 2.45) is 5.92 Å². The number of hydrogen-bond acceptors (Lipinski definition) is 4. The first kappa shape index (κ1) is 19.5. The molecule has 2 rings (SSSR count). The van der Waals surface area contributed by atoms with Crippen LogP contribution in [0.4, 0.5) is 5.69 Å². The number of benzene rings is 1. The summed E-state index contributed by atoms with van der Waals surface area (Å²) in [5.41, 5.74) is 0.795. The second kappa shape index (κ2) is 8.05. The number of rotatable bonds is 6. The number of furan rings is 1. The maximum absolute atomic E-state index is 12.7. The van der Waals surface area contributed by atoms with E-state index < -0.39 is 23.7 Å². The third-order valence-corrected chi connectivity index (χ3v) is 4.11. The number of halogens is 1. The van der Waals surface area contributed by atoms with Crippen LogP contribution < -0.4 is 5.32 Å². The molecule has 0 aliphatic heterocycles. The van der Waals surface area contributed by atoms with Crippen LogP contribution >= 0.6 is 11.6 Å². The van der Waals surface area contributed by atoms with Gasteiger partial charge in [-0.15, -0.1) is 0 Å². The molecule has 138 valence electrons. The quantitative estimate of drug-likeness (QED) is 0.803. The summed E-state index contributed by atoms with van der Waals surface area (Å²) in [6, 6.07) is 6.01. The molecule has 0 fully saturated rings. The SMILES string of the molecule is Cc1occc1C(=O)Nc1cc(Cl)ccc1C(=O)N(C)CC(C)C(=O)O. The number of nitrogens with one attached hydrogen (secondary N) is 1. The monoisotopic (exact) mass is 378 g/mol. The molecule has 1 aromatic heterocycles. The molecule has 2 aromatic rings. The number of amides is 2. The molecule has 0 bridgehead atoms. The molecule has 0 saturated heterocycles. The number of hydrogen-bond donors (Lipinski definition) is 2. The minimum atomic E-state index is -0.996. The Labute approximate surface area is 155 Å². The second-order valence-electron chi connectivity index (χ2n) is 5.96. The zero-order valence-corrected chi connectivity index (χ0v) is 15.3. The summed E-state index contributed by atoms with van der Waals surface area (Å²) in [6.45, 7) is 3.20. The maximum atomic E-state index is 12.7. The van der Waals surface area contributed by atoms with Crippen molar-refractivity contribution in [1.82, 2.24) is 4.90 Å². The van der Waals surface area contributed by atoms with Crippen molar-refractivity contribution in [1.29, 1.82) is 0 Å². The van der Waals surface area contributed by atoms with E-state index in [2.05, 4.69) is 5.32 Å². The number of aryl methyl sites for hydroxylation is 1. The van der Waals surface area contributed by atoms with Crippen molar-refractivity contribution < 1.29 is 23.9 Å². The second-order valence-corrected chi connectivity index (χ2v) is 6.40. The largest absolute Gasteiger partial charge is 0.481 e. The predicted octanol–water partition coefficient (Wildman–Crippen LogP) is 3.29. The Hall–Kier alpha value is -2.80. The van der Waals surface area contributed by atoms with Crippen molar-refractivity contribution in [2.75, 3.05) is 18.9 Å². The van der Waals surface area contributed by atoms with Crippen molar-refractivity contribution >= 4 is 35.1 Å². The van der Waals surface area contributed by atoms with E-state index in [0.717, 1.165) is 0 Å². The normalized spacial score (nSPS) is 11.7. The van der Waals surface area contributed by atoms with E-state index in [0.29, 0.717) is 16.3 Å². The van der Waals surface area contributed by atoms with E-state index in [-0.39, 0.29) is 17.8 Å². The average Bonchev–Trinajstić information content (AvgIpc) is 3.00. The van der Waals surface area contributed by atoms with Crippen molar-refractivity contribution in [2.45, 2.75) is 13.8 Å². The van der Waals surface area contributed by atoms with Crippen LogP contribution in [0, 0.1) is 12.8 Å². The number of anilines is 1. The van der Waals surface area contributed by atoms with Gasteiger partial charge in [0.25, 0.3) is 11.8 Å². The number of carboxylic acid groups (broad SMARTS) is 1. The molecule has 2 N–H and O–H groups in total. The standard InChI is InChI=1S/C18H19ClN2O5/c1-10(18(24)25)9-21(3)17(23)14-5-4-12(19)8-15(14)20-16(22)13-6-7-26-11(13)2/h4-8,10H,9H2,1-3H3,(H,20,22)(H,24,25). The molecular formula is C18H19ClN2O5. The van der Waals surface area contributed by atoms with E-state index in [4.69, 9.17) is 21.1 Å². The minimum Gasteiger partial charge on any atom is -0.481 e. The number of carboxylic acids is 1. The van der Waals surface area contributed by atoms with Crippen LogP contribution in [0.1, 0.15) is 33.4 Å². The Balaban J connectivity index is 2.26. The molecule has 0 radical (unpaired) electrons. The van der Waals surface area contributed by atoms with Gasteiger partial charge in [0.2, 0.25) is 0 Å². The highest BCUT2D eigenvalue weighted by molar-refractivity contribution is 6.31. The fourth-order valence-electron chi connectivity index (χ4n) is 2.39. The summed E-state index contributed by atoms with van der Waals surface area (Å²) in [5, 5.41) is 12.0. The molecule has 1 aromatic carbocycles. The van der Waals surface area contributed by atoms with Crippen LogP contribution in [-0.4, -0.2) is 41.4 Å². The highest BCUT2D eigenvalue weighted by atomic mass is 35.5. The zero-order valence-electron chi connectivity index (χ0n) is 14.6. The maximum Gasteiger partial charge on any atom is 0.308 e. The van der Waals surface area contributed by atoms with Crippen molar-refractivity contribution in [3.8, 4) is 0 Å². The van der Waals surface area contributed by atoms with Gasteiger partial charge in [-0.3, -0.25) is 14.4 Å². The smallest absolute Gasteiger partial charge is 0.308 e. The molecule has 0 spiro atoms. The van der Waals surface area contributed by atoms with Gasteiger partial charge in [0.15, 0.2) is 0 Å². The molecule has 7 nitrogen and oxygen atoms in total. The third-order valence-electron chi connectivity index (χ3n) is 3.88. The van der Waals surface area contributed by atoms with Gasteiger partial charge in [0.05, 0.1) is 29.0 Å². The highest BCUT2D eigenvalue weighted by Crippen LogP contribution is 2.24. The predicted molar refractivity (Wildman–Crippen MR) is 96.6 cm³/mol. The number of carbonyl (C=O) groups excluding carboxylic acids is 2. The fraction of sp³-hybridized carbons (Fsp3) is 0.278.